The van der Waals surface area contributed by atoms with Gasteiger partial charge in [0, 0.05) is 24.2 Å². The van der Waals surface area contributed by atoms with Gasteiger partial charge < -0.3 is 4.74 Å². The highest BCUT2D eigenvalue weighted by Gasteiger charge is 2.17. The second-order valence-corrected chi connectivity index (χ2v) is 5.77. The maximum Gasteiger partial charge on any atom is 0.163 e. The van der Waals surface area contributed by atoms with E-state index >= 15 is 0 Å². The van der Waals surface area contributed by atoms with Crippen LogP contribution in [0.15, 0.2) is 30.5 Å². The number of ketones is 1. The monoisotopic (exact) mass is 284 g/mol. The molecule has 1 aliphatic carbocycles. The van der Waals surface area contributed by atoms with E-state index in [-0.39, 0.29) is 5.78 Å². The standard InChI is InChI=1S/C17H20N2O2/c1-12(2)19-9-8-14(18-19)11-21-15-7-6-13-4-3-5-17(20)16(13)10-15/h6-10,12H,3-5,11H2,1-2H3. The first-order valence-corrected chi connectivity index (χ1v) is 7.46. The van der Waals surface area contributed by atoms with E-state index in [4.69, 9.17) is 4.74 Å². The Morgan fingerprint density at radius 2 is 2.14 bits per heavy atom. The van der Waals surface area contributed by atoms with Crippen LogP contribution in [0, 0.1) is 0 Å². The molecule has 3 rings (SSSR count). The Hall–Kier alpha value is -2.10. The van der Waals surface area contributed by atoms with Crippen LogP contribution >= 0.6 is 0 Å². The minimum atomic E-state index is 0.228. The van der Waals surface area contributed by atoms with Crippen LogP contribution in [-0.4, -0.2) is 15.6 Å². The van der Waals surface area contributed by atoms with Gasteiger partial charge >= 0.3 is 0 Å². The highest BCUT2D eigenvalue weighted by Crippen LogP contribution is 2.25. The number of aryl methyl sites for hydroxylation is 1. The molecule has 0 aliphatic heterocycles. The summed E-state index contributed by atoms with van der Waals surface area (Å²) < 4.78 is 7.68. The van der Waals surface area contributed by atoms with Crippen molar-refractivity contribution in [3.8, 4) is 5.75 Å². The van der Waals surface area contributed by atoms with Crippen molar-refractivity contribution in [2.45, 2.75) is 45.8 Å². The topological polar surface area (TPSA) is 44.1 Å². The van der Waals surface area contributed by atoms with Crippen LogP contribution in [0.5, 0.6) is 5.75 Å². The molecule has 110 valence electrons. The Balaban J connectivity index is 1.70. The van der Waals surface area contributed by atoms with Crippen molar-refractivity contribution in [2.24, 2.45) is 0 Å². The molecule has 1 aliphatic rings. The third kappa shape index (κ3) is 2.99. The Morgan fingerprint density at radius 1 is 1.29 bits per heavy atom. The zero-order valence-electron chi connectivity index (χ0n) is 12.5. The lowest BCUT2D eigenvalue weighted by Crippen LogP contribution is -2.11. The van der Waals surface area contributed by atoms with Crippen molar-refractivity contribution in [3.63, 3.8) is 0 Å². The molecule has 0 saturated carbocycles. The summed E-state index contributed by atoms with van der Waals surface area (Å²) in [6, 6.07) is 8.13. The first-order valence-electron chi connectivity index (χ1n) is 7.46. The van der Waals surface area contributed by atoms with Crippen LogP contribution in [0.4, 0.5) is 0 Å². The number of fused-ring (bicyclic) bond motifs is 1. The van der Waals surface area contributed by atoms with Gasteiger partial charge in [-0.2, -0.15) is 5.10 Å². The molecule has 4 nitrogen and oxygen atoms in total. The van der Waals surface area contributed by atoms with Gasteiger partial charge in [-0.1, -0.05) is 6.07 Å². The summed E-state index contributed by atoms with van der Waals surface area (Å²) in [6.45, 7) is 4.60. The summed E-state index contributed by atoms with van der Waals surface area (Å²) in [5.41, 5.74) is 2.86. The molecule has 0 bridgehead atoms. The van der Waals surface area contributed by atoms with E-state index < -0.39 is 0 Å². The molecular weight excluding hydrogens is 264 g/mol. The molecule has 0 fully saturated rings. The van der Waals surface area contributed by atoms with Gasteiger partial charge in [0.15, 0.2) is 5.78 Å². The van der Waals surface area contributed by atoms with Gasteiger partial charge in [-0.05, 0) is 50.5 Å². The number of carbonyl (C=O) groups excluding carboxylic acids is 1. The highest BCUT2D eigenvalue weighted by molar-refractivity contribution is 5.98. The molecule has 0 spiro atoms. The van der Waals surface area contributed by atoms with E-state index in [1.165, 1.54) is 0 Å². The first kappa shape index (κ1) is 13.9. The average molecular weight is 284 g/mol. The average Bonchev–Trinajstić information content (AvgIpc) is 2.95. The van der Waals surface area contributed by atoms with Crippen molar-refractivity contribution >= 4 is 5.78 Å². The molecule has 0 saturated heterocycles. The lowest BCUT2D eigenvalue weighted by molar-refractivity contribution is 0.0972. The Kier molecular flexibility index (Phi) is 3.78. The molecule has 4 heteroatoms. The van der Waals surface area contributed by atoms with Gasteiger partial charge in [-0.3, -0.25) is 9.48 Å². The van der Waals surface area contributed by atoms with Gasteiger partial charge in [0.05, 0.1) is 5.69 Å². The fraction of sp³-hybridized carbons (Fsp3) is 0.412. The quantitative estimate of drug-likeness (QED) is 0.862. The van der Waals surface area contributed by atoms with Crippen LogP contribution in [0.1, 0.15) is 54.3 Å². The molecule has 0 radical (unpaired) electrons. The molecule has 0 N–H and O–H groups in total. The number of nitrogens with zero attached hydrogens (tertiary/aromatic N) is 2. The largest absolute Gasteiger partial charge is 0.487 e. The van der Waals surface area contributed by atoms with Crippen LogP contribution < -0.4 is 4.74 Å². The van der Waals surface area contributed by atoms with E-state index in [1.807, 2.05) is 35.1 Å². The molecule has 0 atom stereocenters. The first-order chi connectivity index (χ1) is 10.1. The summed E-state index contributed by atoms with van der Waals surface area (Å²) in [7, 11) is 0. The third-order valence-corrected chi connectivity index (χ3v) is 3.81. The normalized spacial score (nSPS) is 14.3. The predicted molar refractivity (Wildman–Crippen MR) is 80.7 cm³/mol. The van der Waals surface area contributed by atoms with Crippen LogP contribution in [0.25, 0.3) is 0 Å². The summed E-state index contributed by atoms with van der Waals surface area (Å²) in [4.78, 5) is 11.9. The smallest absolute Gasteiger partial charge is 0.163 e. The van der Waals surface area contributed by atoms with Gasteiger partial charge in [-0.25, -0.2) is 0 Å². The third-order valence-electron chi connectivity index (χ3n) is 3.81. The molecule has 1 heterocycles. The maximum absolute atomic E-state index is 11.9. The number of carbonyl (C=O) groups is 1. The second-order valence-electron chi connectivity index (χ2n) is 5.77. The molecule has 1 aromatic carbocycles. The minimum absolute atomic E-state index is 0.228. The SMILES string of the molecule is CC(C)n1ccc(COc2ccc3c(c2)C(=O)CCC3)n1. The van der Waals surface area contributed by atoms with Crippen molar-refractivity contribution in [3.05, 3.63) is 47.3 Å². The molecule has 21 heavy (non-hydrogen) atoms. The predicted octanol–water partition coefficient (Wildman–Crippen LogP) is 3.56. The fourth-order valence-electron chi connectivity index (χ4n) is 2.60. The zero-order chi connectivity index (χ0) is 14.8. The van der Waals surface area contributed by atoms with Crippen molar-refractivity contribution in [1.29, 1.82) is 0 Å². The molecule has 0 amide bonds. The Bertz CT molecular complexity index is 659. The van der Waals surface area contributed by atoms with Gasteiger partial charge in [0.2, 0.25) is 0 Å². The van der Waals surface area contributed by atoms with E-state index in [2.05, 4.69) is 18.9 Å². The lowest BCUT2D eigenvalue weighted by Gasteiger charge is -2.15. The van der Waals surface area contributed by atoms with Crippen molar-refractivity contribution < 1.29 is 9.53 Å². The van der Waals surface area contributed by atoms with Gasteiger partial charge in [-0.15, -0.1) is 0 Å². The van der Waals surface area contributed by atoms with E-state index in [0.717, 1.165) is 35.4 Å². The summed E-state index contributed by atoms with van der Waals surface area (Å²) in [5, 5.41) is 4.45. The van der Waals surface area contributed by atoms with Gasteiger partial charge in [0.1, 0.15) is 12.4 Å². The molecule has 0 unspecified atom stereocenters. The number of ether oxygens (including phenoxy) is 1. The Labute approximate surface area is 124 Å². The fourth-order valence-corrected chi connectivity index (χ4v) is 2.60. The van der Waals surface area contributed by atoms with E-state index in [1.54, 1.807) is 0 Å². The zero-order valence-corrected chi connectivity index (χ0v) is 12.5. The minimum Gasteiger partial charge on any atom is -0.487 e. The second kappa shape index (κ2) is 5.72. The summed E-state index contributed by atoms with van der Waals surface area (Å²) in [5.74, 6) is 0.967. The van der Waals surface area contributed by atoms with Crippen LogP contribution in [0.2, 0.25) is 0 Å². The number of Topliss-reactive ketones (excluding diaryl/α,β-unsaturated/α-hetero) is 1. The van der Waals surface area contributed by atoms with Crippen molar-refractivity contribution in [2.75, 3.05) is 0 Å². The van der Waals surface area contributed by atoms with Crippen LogP contribution in [0.3, 0.4) is 0 Å². The Morgan fingerprint density at radius 3 is 2.90 bits per heavy atom. The number of aromatic nitrogens is 2. The van der Waals surface area contributed by atoms with E-state index in [0.29, 0.717) is 19.1 Å². The summed E-state index contributed by atoms with van der Waals surface area (Å²) >= 11 is 0. The maximum atomic E-state index is 11.9. The molecule has 2 aromatic rings. The summed E-state index contributed by atoms with van der Waals surface area (Å²) in [6.07, 6.45) is 4.55. The number of hydrogen-bond acceptors (Lipinski definition) is 3. The van der Waals surface area contributed by atoms with Crippen LogP contribution in [-0.2, 0) is 13.0 Å². The van der Waals surface area contributed by atoms with E-state index in [9.17, 15) is 4.79 Å². The molecule has 1 aromatic heterocycles. The number of rotatable bonds is 4. The number of benzene rings is 1. The van der Waals surface area contributed by atoms with Crippen molar-refractivity contribution in [1.82, 2.24) is 9.78 Å². The highest BCUT2D eigenvalue weighted by atomic mass is 16.5. The lowest BCUT2D eigenvalue weighted by atomic mass is 9.90. The molecular formula is C17H20N2O2. The number of hydrogen-bond donors (Lipinski definition) is 0. The van der Waals surface area contributed by atoms with Gasteiger partial charge in [0.25, 0.3) is 0 Å².